The highest BCUT2D eigenvalue weighted by molar-refractivity contribution is 6.04. The molecule has 2 rings (SSSR count). The lowest BCUT2D eigenvalue weighted by molar-refractivity contribution is -0.118. The third-order valence-corrected chi connectivity index (χ3v) is 3.63. The summed E-state index contributed by atoms with van der Waals surface area (Å²) >= 11 is 0. The van der Waals surface area contributed by atoms with Crippen molar-refractivity contribution in [2.45, 2.75) is 46.0 Å². The molecular formula is C16H22N2O2. The van der Waals surface area contributed by atoms with Crippen molar-refractivity contribution in [3.05, 3.63) is 23.8 Å². The lowest BCUT2D eigenvalue weighted by Gasteiger charge is -2.13. The van der Waals surface area contributed by atoms with Crippen LogP contribution in [0.25, 0.3) is 0 Å². The van der Waals surface area contributed by atoms with Crippen molar-refractivity contribution in [2.75, 3.05) is 10.6 Å². The summed E-state index contributed by atoms with van der Waals surface area (Å²) in [6.45, 7) is 6.13. The number of carbonyl (C=O) groups is 2. The molecule has 4 nitrogen and oxygen atoms in total. The van der Waals surface area contributed by atoms with Crippen molar-refractivity contribution in [1.29, 1.82) is 0 Å². The number of hydrogen-bond donors (Lipinski definition) is 2. The summed E-state index contributed by atoms with van der Waals surface area (Å²) in [4.78, 5) is 23.7. The Morgan fingerprint density at radius 1 is 1.40 bits per heavy atom. The lowest BCUT2D eigenvalue weighted by Crippen LogP contribution is -2.17. The first kappa shape index (κ1) is 14.6. The molecule has 2 N–H and O–H groups in total. The van der Waals surface area contributed by atoms with Gasteiger partial charge in [-0.15, -0.1) is 0 Å². The van der Waals surface area contributed by atoms with Crippen LogP contribution in [-0.4, -0.2) is 11.8 Å². The fourth-order valence-electron chi connectivity index (χ4n) is 2.59. The molecule has 1 unspecified atom stereocenters. The number of anilines is 2. The first-order chi connectivity index (χ1) is 9.52. The molecule has 2 amide bonds. The van der Waals surface area contributed by atoms with E-state index in [1.165, 1.54) is 0 Å². The maximum atomic E-state index is 11.9. The second kappa shape index (κ2) is 6.07. The Labute approximate surface area is 119 Å². The van der Waals surface area contributed by atoms with E-state index in [1.54, 1.807) is 0 Å². The average molecular weight is 274 g/mol. The fraction of sp³-hybridized carbons (Fsp3) is 0.500. The van der Waals surface area contributed by atoms with E-state index in [0.717, 1.165) is 29.8 Å². The minimum absolute atomic E-state index is 0.0326. The predicted octanol–water partition coefficient (Wildman–Crippen LogP) is 3.51. The molecular weight excluding hydrogens is 252 g/mol. The monoisotopic (exact) mass is 274 g/mol. The molecule has 1 aliphatic heterocycles. The summed E-state index contributed by atoms with van der Waals surface area (Å²) in [5, 5.41) is 5.79. The Balaban J connectivity index is 2.16. The zero-order chi connectivity index (χ0) is 14.7. The molecule has 108 valence electrons. The van der Waals surface area contributed by atoms with E-state index in [1.807, 2.05) is 32.0 Å². The van der Waals surface area contributed by atoms with Crippen LogP contribution in [0.15, 0.2) is 18.2 Å². The number of carbonyl (C=O) groups excluding carboxylic acids is 2. The van der Waals surface area contributed by atoms with E-state index in [0.29, 0.717) is 6.42 Å². The van der Waals surface area contributed by atoms with Gasteiger partial charge in [-0.05, 0) is 36.1 Å². The maximum absolute atomic E-state index is 11.9. The molecule has 0 fully saturated rings. The third-order valence-electron chi connectivity index (χ3n) is 3.63. The van der Waals surface area contributed by atoms with Crippen LogP contribution in [0.3, 0.4) is 0 Å². The van der Waals surface area contributed by atoms with Crippen LogP contribution in [0, 0.1) is 5.92 Å². The minimum atomic E-state index is -0.127. The van der Waals surface area contributed by atoms with E-state index in [2.05, 4.69) is 17.6 Å². The molecule has 1 aromatic rings. The summed E-state index contributed by atoms with van der Waals surface area (Å²) in [5.41, 5.74) is 2.62. The Hall–Kier alpha value is -1.84. The quantitative estimate of drug-likeness (QED) is 0.863. The van der Waals surface area contributed by atoms with E-state index >= 15 is 0 Å². The van der Waals surface area contributed by atoms with Gasteiger partial charge in [-0.25, -0.2) is 0 Å². The molecule has 1 atom stereocenters. The third kappa shape index (κ3) is 3.00. The smallest absolute Gasteiger partial charge is 0.232 e. The lowest BCUT2D eigenvalue weighted by atomic mass is 9.89. The first-order valence-corrected chi connectivity index (χ1v) is 7.27. The molecule has 0 radical (unpaired) electrons. The zero-order valence-corrected chi connectivity index (χ0v) is 12.3. The molecule has 0 saturated carbocycles. The Morgan fingerprint density at radius 2 is 2.15 bits per heavy atom. The number of amides is 2. The number of unbranched alkanes of at least 4 members (excludes halogenated alkanes) is 1. The summed E-state index contributed by atoms with van der Waals surface area (Å²) < 4.78 is 0. The average Bonchev–Trinajstić information content (AvgIpc) is 2.71. The standard InChI is InChI=1S/C16H22N2O2/c1-4-5-6-14(19)17-11-7-8-13-12(9-11)15(10(2)3)16(20)18-13/h7-10,15H,4-6H2,1-3H3,(H,17,19)(H,18,20). The van der Waals surface area contributed by atoms with Gasteiger partial charge in [0.1, 0.15) is 0 Å². The van der Waals surface area contributed by atoms with Crippen LogP contribution in [-0.2, 0) is 9.59 Å². The van der Waals surface area contributed by atoms with Gasteiger partial charge in [0, 0.05) is 17.8 Å². The molecule has 0 aromatic heterocycles. The summed E-state index contributed by atoms with van der Waals surface area (Å²) in [5.74, 6) is 0.189. The number of nitrogens with one attached hydrogen (secondary N) is 2. The Morgan fingerprint density at radius 3 is 2.80 bits per heavy atom. The zero-order valence-electron chi connectivity index (χ0n) is 12.3. The highest BCUT2D eigenvalue weighted by atomic mass is 16.2. The molecule has 1 aromatic carbocycles. The topological polar surface area (TPSA) is 58.2 Å². The van der Waals surface area contributed by atoms with Gasteiger partial charge in [0.15, 0.2) is 0 Å². The van der Waals surface area contributed by atoms with Crippen LogP contribution in [0.4, 0.5) is 11.4 Å². The summed E-state index contributed by atoms with van der Waals surface area (Å²) in [7, 11) is 0. The van der Waals surface area contributed by atoms with Gasteiger partial charge in [-0.2, -0.15) is 0 Å². The van der Waals surface area contributed by atoms with Gasteiger partial charge in [0.2, 0.25) is 11.8 Å². The Kier molecular flexibility index (Phi) is 4.42. The van der Waals surface area contributed by atoms with Crippen LogP contribution in [0.5, 0.6) is 0 Å². The van der Waals surface area contributed by atoms with Gasteiger partial charge in [0.05, 0.1) is 5.92 Å². The molecule has 0 spiro atoms. The number of hydrogen-bond acceptors (Lipinski definition) is 2. The second-order valence-electron chi connectivity index (χ2n) is 5.66. The molecule has 1 aliphatic rings. The van der Waals surface area contributed by atoms with Crippen LogP contribution in [0.1, 0.15) is 51.5 Å². The molecule has 0 saturated heterocycles. The Bertz CT molecular complexity index is 523. The molecule has 20 heavy (non-hydrogen) atoms. The number of benzene rings is 1. The predicted molar refractivity (Wildman–Crippen MR) is 80.8 cm³/mol. The summed E-state index contributed by atoms with van der Waals surface area (Å²) in [6, 6.07) is 5.62. The summed E-state index contributed by atoms with van der Waals surface area (Å²) in [6.07, 6.45) is 2.44. The van der Waals surface area contributed by atoms with Crippen molar-refractivity contribution in [1.82, 2.24) is 0 Å². The minimum Gasteiger partial charge on any atom is -0.326 e. The van der Waals surface area contributed by atoms with Crippen molar-refractivity contribution in [2.24, 2.45) is 5.92 Å². The largest absolute Gasteiger partial charge is 0.326 e. The van der Waals surface area contributed by atoms with Gasteiger partial charge < -0.3 is 10.6 Å². The molecule has 0 bridgehead atoms. The SMILES string of the molecule is CCCCC(=O)Nc1ccc2c(c1)C(C(C)C)C(=O)N2. The normalized spacial score (nSPS) is 17.0. The fourth-order valence-corrected chi connectivity index (χ4v) is 2.59. The van der Waals surface area contributed by atoms with Gasteiger partial charge in [-0.1, -0.05) is 27.2 Å². The molecule has 0 aliphatic carbocycles. The maximum Gasteiger partial charge on any atom is 0.232 e. The van der Waals surface area contributed by atoms with E-state index in [-0.39, 0.29) is 23.7 Å². The van der Waals surface area contributed by atoms with Crippen molar-refractivity contribution in [3.8, 4) is 0 Å². The van der Waals surface area contributed by atoms with Crippen molar-refractivity contribution < 1.29 is 9.59 Å². The highest BCUT2D eigenvalue weighted by Crippen LogP contribution is 2.38. The van der Waals surface area contributed by atoms with Gasteiger partial charge >= 0.3 is 0 Å². The van der Waals surface area contributed by atoms with Crippen LogP contribution in [0.2, 0.25) is 0 Å². The molecule has 4 heteroatoms. The van der Waals surface area contributed by atoms with E-state index < -0.39 is 0 Å². The van der Waals surface area contributed by atoms with Crippen LogP contribution >= 0.6 is 0 Å². The number of fused-ring (bicyclic) bond motifs is 1. The molecule has 1 heterocycles. The van der Waals surface area contributed by atoms with E-state index in [9.17, 15) is 9.59 Å². The van der Waals surface area contributed by atoms with Gasteiger partial charge in [-0.3, -0.25) is 9.59 Å². The van der Waals surface area contributed by atoms with Gasteiger partial charge in [0.25, 0.3) is 0 Å². The first-order valence-electron chi connectivity index (χ1n) is 7.27. The highest BCUT2D eigenvalue weighted by Gasteiger charge is 2.32. The van der Waals surface area contributed by atoms with Crippen molar-refractivity contribution >= 4 is 23.2 Å². The number of rotatable bonds is 5. The van der Waals surface area contributed by atoms with E-state index in [4.69, 9.17) is 0 Å². The second-order valence-corrected chi connectivity index (χ2v) is 5.66. The van der Waals surface area contributed by atoms with Crippen molar-refractivity contribution in [3.63, 3.8) is 0 Å². The van der Waals surface area contributed by atoms with Crippen LogP contribution < -0.4 is 10.6 Å².